The second-order valence-corrected chi connectivity index (χ2v) is 4.49. The Morgan fingerprint density at radius 1 is 1.26 bits per heavy atom. The number of nitrogens with zero attached hydrogens (tertiary/aromatic N) is 2. The summed E-state index contributed by atoms with van der Waals surface area (Å²) in [6.45, 7) is 0. The minimum atomic E-state index is -0.958. The Hall–Kier alpha value is -2.33. The van der Waals surface area contributed by atoms with Crippen molar-refractivity contribution in [3.8, 4) is 11.4 Å². The van der Waals surface area contributed by atoms with Crippen LogP contribution in [0.5, 0.6) is 0 Å². The normalized spacial score (nSPS) is 10.8. The highest BCUT2D eigenvalue weighted by molar-refractivity contribution is 6.33. The van der Waals surface area contributed by atoms with E-state index in [1.807, 2.05) is 22.7 Å². The predicted molar refractivity (Wildman–Crippen MR) is 72.6 cm³/mol. The first-order valence-electron chi connectivity index (χ1n) is 5.62. The Balaban J connectivity index is 2.22. The van der Waals surface area contributed by atoms with E-state index in [9.17, 15) is 4.79 Å². The molecule has 3 aromatic rings. The van der Waals surface area contributed by atoms with Gasteiger partial charge < -0.3 is 5.11 Å². The molecule has 0 unspecified atom stereocenters. The summed E-state index contributed by atoms with van der Waals surface area (Å²) in [5.41, 5.74) is 1.76. The molecule has 0 spiro atoms. The summed E-state index contributed by atoms with van der Waals surface area (Å²) in [5, 5.41) is 9.62. The van der Waals surface area contributed by atoms with Gasteiger partial charge in [0.1, 0.15) is 5.82 Å². The van der Waals surface area contributed by atoms with E-state index >= 15 is 0 Å². The van der Waals surface area contributed by atoms with Gasteiger partial charge in [-0.15, -0.1) is 0 Å². The van der Waals surface area contributed by atoms with Gasteiger partial charge in [0.05, 0.1) is 22.3 Å². The predicted octanol–water partition coefficient (Wildman–Crippen LogP) is 3.35. The smallest absolute Gasteiger partial charge is 0.335 e. The van der Waals surface area contributed by atoms with Crippen LogP contribution in [0.1, 0.15) is 10.4 Å². The number of imidazole rings is 1. The SMILES string of the molecule is O=C(O)c1cccc(-c2ncc3c(Cl)cccn23)c1. The summed E-state index contributed by atoms with van der Waals surface area (Å²) in [6, 6.07) is 10.3. The summed E-state index contributed by atoms with van der Waals surface area (Å²) in [4.78, 5) is 15.3. The van der Waals surface area contributed by atoms with Crippen LogP contribution in [0.2, 0.25) is 5.02 Å². The van der Waals surface area contributed by atoms with Crippen molar-refractivity contribution in [2.24, 2.45) is 0 Å². The third-order valence-corrected chi connectivity index (χ3v) is 3.21. The first-order valence-corrected chi connectivity index (χ1v) is 6.00. The fourth-order valence-corrected chi connectivity index (χ4v) is 2.20. The second-order valence-electron chi connectivity index (χ2n) is 4.08. The number of aromatic carboxylic acids is 1. The molecule has 19 heavy (non-hydrogen) atoms. The van der Waals surface area contributed by atoms with Crippen molar-refractivity contribution in [3.05, 3.63) is 59.4 Å². The zero-order chi connectivity index (χ0) is 13.4. The van der Waals surface area contributed by atoms with Crippen LogP contribution in [-0.2, 0) is 0 Å². The highest BCUT2D eigenvalue weighted by atomic mass is 35.5. The molecule has 2 heterocycles. The molecule has 0 aliphatic rings. The number of rotatable bonds is 2. The molecule has 0 aliphatic carbocycles. The number of hydrogen-bond donors (Lipinski definition) is 1. The average Bonchev–Trinajstić information content (AvgIpc) is 2.84. The maximum atomic E-state index is 11.0. The van der Waals surface area contributed by atoms with Crippen molar-refractivity contribution in [2.75, 3.05) is 0 Å². The number of hydrogen-bond acceptors (Lipinski definition) is 2. The number of carbonyl (C=O) groups is 1. The van der Waals surface area contributed by atoms with E-state index in [-0.39, 0.29) is 5.56 Å². The molecule has 2 aromatic heterocycles. The summed E-state index contributed by atoms with van der Waals surface area (Å²) in [5.74, 6) is -0.290. The lowest BCUT2D eigenvalue weighted by atomic mass is 10.1. The molecule has 0 saturated heterocycles. The standard InChI is InChI=1S/C14H9ClN2O2/c15-11-5-2-6-17-12(11)8-16-13(17)9-3-1-4-10(7-9)14(18)19/h1-8H,(H,18,19). The van der Waals surface area contributed by atoms with Crippen LogP contribution in [-0.4, -0.2) is 20.5 Å². The molecule has 4 nitrogen and oxygen atoms in total. The number of fused-ring (bicyclic) bond motifs is 1. The van der Waals surface area contributed by atoms with Gasteiger partial charge >= 0.3 is 5.97 Å². The minimum Gasteiger partial charge on any atom is -0.478 e. The lowest BCUT2D eigenvalue weighted by Gasteiger charge is -2.03. The van der Waals surface area contributed by atoms with Crippen LogP contribution < -0.4 is 0 Å². The van der Waals surface area contributed by atoms with Crippen molar-refractivity contribution in [2.45, 2.75) is 0 Å². The Labute approximate surface area is 113 Å². The van der Waals surface area contributed by atoms with E-state index in [4.69, 9.17) is 16.7 Å². The van der Waals surface area contributed by atoms with Gasteiger partial charge in [-0.25, -0.2) is 9.78 Å². The maximum Gasteiger partial charge on any atom is 0.335 e. The number of carboxylic acids is 1. The van der Waals surface area contributed by atoms with Crippen molar-refractivity contribution in [1.29, 1.82) is 0 Å². The lowest BCUT2D eigenvalue weighted by Crippen LogP contribution is -1.97. The number of benzene rings is 1. The van der Waals surface area contributed by atoms with E-state index in [2.05, 4.69) is 4.98 Å². The third-order valence-electron chi connectivity index (χ3n) is 2.89. The quantitative estimate of drug-likeness (QED) is 0.778. The average molecular weight is 273 g/mol. The van der Waals surface area contributed by atoms with E-state index in [0.717, 1.165) is 11.1 Å². The molecule has 1 N–H and O–H groups in total. The van der Waals surface area contributed by atoms with Gasteiger partial charge in [-0.3, -0.25) is 4.40 Å². The van der Waals surface area contributed by atoms with Crippen LogP contribution in [0.3, 0.4) is 0 Å². The van der Waals surface area contributed by atoms with Gasteiger partial charge in [0.15, 0.2) is 0 Å². The molecule has 0 aliphatic heterocycles. The molecular formula is C14H9ClN2O2. The Morgan fingerprint density at radius 2 is 2.11 bits per heavy atom. The van der Waals surface area contributed by atoms with E-state index in [1.165, 1.54) is 0 Å². The largest absolute Gasteiger partial charge is 0.478 e. The Kier molecular flexibility index (Phi) is 2.72. The van der Waals surface area contributed by atoms with Crippen molar-refractivity contribution < 1.29 is 9.90 Å². The van der Waals surface area contributed by atoms with Crippen LogP contribution >= 0.6 is 11.6 Å². The van der Waals surface area contributed by atoms with Gasteiger partial charge in [-0.1, -0.05) is 23.7 Å². The van der Waals surface area contributed by atoms with E-state index in [0.29, 0.717) is 10.8 Å². The second kappa shape index (κ2) is 4.40. The lowest BCUT2D eigenvalue weighted by molar-refractivity contribution is 0.0697. The number of aromatic nitrogens is 2. The fourth-order valence-electron chi connectivity index (χ4n) is 1.99. The Morgan fingerprint density at radius 3 is 2.89 bits per heavy atom. The third kappa shape index (κ3) is 1.96. The van der Waals surface area contributed by atoms with E-state index < -0.39 is 5.97 Å². The van der Waals surface area contributed by atoms with Crippen molar-refractivity contribution in [1.82, 2.24) is 9.38 Å². The molecule has 0 bridgehead atoms. The molecule has 0 radical (unpaired) electrons. The highest BCUT2D eigenvalue weighted by Gasteiger charge is 2.10. The molecule has 3 rings (SSSR count). The summed E-state index contributed by atoms with van der Waals surface area (Å²) >= 11 is 6.08. The molecular weight excluding hydrogens is 264 g/mol. The number of carboxylic acid groups (broad SMARTS) is 1. The maximum absolute atomic E-state index is 11.0. The summed E-state index contributed by atoms with van der Waals surface area (Å²) in [6.07, 6.45) is 3.52. The van der Waals surface area contributed by atoms with Gasteiger partial charge in [0.2, 0.25) is 0 Å². The topological polar surface area (TPSA) is 54.6 Å². The monoisotopic (exact) mass is 272 g/mol. The van der Waals surface area contributed by atoms with Gasteiger partial charge in [0.25, 0.3) is 0 Å². The Bertz CT molecular complexity index is 780. The fraction of sp³-hybridized carbons (Fsp3) is 0. The molecule has 94 valence electrons. The molecule has 0 amide bonds. The minimum absolute atomic E-state index is 0.233. The van der Waals surface area contributed by atoms with Crippen LogP contribution in [0.25, 0.3) is 16.9 Å². The zero-order valence-corrected chi connectivity index (χ0v) is 10.5. The first-order chi connectivity index (χ1) is 9.16. The molecule has 0 atom stereocenters. The highest BCUT2D eigenvalue weighted by Crippen LogP contribution is 2.24. The molecule has 0 saturated carbocycles. The molecule has 5 heteroatoms. The van der Waals surface area contributed by atoms with Gasteiger partial charge in [-0.2, -0.15) is 0 Å². The van der Waals surface area contributed by atoms with Crippen LogP contribution in [0.4, 0.5) is 0 Å². The number of pyridine rings is 1. The zero-order valence-electron chi connectivity index (χ0n) is 9.75. The van der Waals surface area contributed by atoms with E-state index in [1.54, 1.807) is 30.5 Å². The van der Waals surface area contributed by atoms with Crippen LogP contribution in [0.15, 0.2) is 48.8 Å². The van der Waals surface area contributed by atoms with Gasteiger partial charge in [-0.05, 0) is 24.3 Å². The number of halogens is 1. The summed E-state index contributed by atoms with van der Waals surface area (Å²) < 4.78 is 1.84. The molecule has 1 aromatic carbocycles. The summed E-state index contributed by atoms with van der Waals surface area (Å²) in [7, 11) is 0. The van der Waals surface area contributed by atoms with Crippen molar-refractivity contribution in [3.63, 3.8) is 0 Å². The first kappa shape index (κ1) is 11.7. The van der Waals surface area contributed by atoms with Crippen LogP contribution in [0, 0.1) is 0 Å². The molecule has 0 fully saturated rings. The van der Waals surface area contributed by atoms with Crippen molar-refractivity contribution >= 4 is 23.1 Å². The van der Waals surface area contributed by atoms with Gasteiger partial charge in [0, 0.05) is 11.8 Å².